The molecule has 2 aromatic rings. The van der Waals surface area contributed by atoms with E-state index in [1.165, 1.54) is 26.2 Å². The lowest BCUT2D eigenvalue weighted by molar-refractivity contribution is -0.149. The highest BCUT2D eigenvalue weighted by molar-refractivity contribution is 5.99. The van der Waals surface area contributed by atoms with Gasteiger partial charge >= 0.3 is 11.9 Å². The zero-order chi connectivity index (χ0) is 25.1. The van der Waals surface area contributed by atoms with Crippen LogP contribution in [-0.2, 0) is 30.3 Å². The van der Waals surface area contributed by atoms with Crippen LogP contribution in [0, 0.1) is 0 Å². The quantitative estimate of drug-likeness (QED) is 0.565. The van der Waals surface area contributed by atoms with Crippen molar-refractivity contribution in [2.24, 2.45) is 0 Å². The minimum Gasteiger partial charge on any atom is -0.493 e. The highest BCUT2D eigenvalue weighted by Gasteiger charge is 2.48. The molecule has 0 aliphatic carbocycles. The first-order chi connectivity index (χ1) is 16.9. The summed E-state index contributed by atoms with van der Waals surface area (Å²) in [7, 11) is 4.09. The van der Waals surface area contributed by atoms with Gasteiger partial charge in [0.25, 0.3) is 0 Å². The van der Waals surface area contributed by atoms with E-state index in [1.807, 2.05) is 30.3 Å². The van der Waals surface area contributed by atoms with Gasteiger partial charge in [0.1, 0.15) is 17.6 Å². The molecule has 184 valence electrons. The van der Waals surface area contributed by atoms with E-state index >= 15 is 0 Å². The predicted molar refractivity (Wildman–Crippen MR) is 122 cm³/mol. The third-order valence-electron chi connectivity index (χ3n) is 6.16. The van der Waals surface area contributed by atoms with Crippen LogP contribution in [0.15, 0.2) is 42.5 Å². The molecule has 0 saturated carbocycles. The van der Waals surface area contributed by atoms with Gasteiger partial charge in [-0.1, -0.05) is 30.3 Å². The number of esters is 2. The lowest BCUT2D eigenvalue weighted by Gasteiger charge is -2.30. The molecule has 4 rings (SSSR count). The maximum Gasteiger partial charge on any atom is 0.344 e. The Labute approximate surface area is 202 Å². The van der Waals surface area contributed by atoms with Gasteiger partial charge in [-0.3, -0.25) is 14.5 Å². The number of methoxy groups -OCH3 is 3. The van der Waals surface area contributed by atoms with Crippen molar-refractivity contribution in [1.29, 1.82) is 0 Å². The monoisotopic (exact) mass is 482 g/mol. The van der Waals surface area contributed by atoms with E-state index in [0.29, 0.717) is 11.3 Å². The van der Waals surface area contributed by atoms with Crippen molar-refractivity contribution in [3.63, 3.8) is 0 Å². The molecule has 2 aromatic carbocycles. The van der Waals surface area contributed by atoms with Crippen LogP contribution in [0.1, 0.15) is 40.6 Å². The van der Waals surface area contributed by atoms with Gasteiger partial charge in [-0.25, -0.2) is 9.59 Å². The van der Waals surface area contributed by atoms with Gasteiger partial charge in [0.2, 0.25) is 18.0 Å². The second-order valence-electron chi connectivity index (χ2n) is 8.15. The fourth-order valence-corrected chi connectivity index (χ4v) is 4.50. The van der Waals surface area contributed by atoms with E-state index in [2.05, 4.69) is 5.32 Å². The average Bonchev–Trinajstić information content (AvgIpc) is 3.42. The fourth-order valence-electron chi connectivity index (χ4n) is 4.50. The topological polar surface area (TPSA) is 120 Å². The Morgan fingerprint density at radius 1 is 1.09 bits per heavy atom. The summed E-state index contributed by atoms with van der Waals surface area (Å²) in [6, 6.07) is 10.5. The standard InChI is InChI=1S/C25H26N2O8/c1-32-18-11-9-15-20(21(18)33-2)25(31)35-23(15)27-17(10-12-19(27)28)22(29)26-16(24(30)34-3)13-14-7-5-4-6-8-14/h4-9,11,16-17,23H,10,12-13H2,1-3H3,(H,26,29)/t16-,17+,23?/m1/s1. The zero-order valence-corrected chi connectivity index (χ0v) is 19.6. The molecule has 1 unspecified atom stereocenters. The first-order valence-electron chi connectivity index (χ1n) is 11.1. The highest BCUT2D eigenvalue weighted by Crippen LogP contribution is 2.45. The number of fused-ring (bicyclic) bond motifs is 1. The molecule has 3 atom stereocenters. The molecule has 1 fully saturated rings. The number of likely N-dealkylation sites (tertiary alicyclic amines) is 1. The Morgan fingerprint density at radius 3 is 2.49 bits per heavy atom. The number of hydrogen-bond acceptors (Lipinski definition) is 8. The summed E-state index contributed by atoms with van der Waals surface area (Å²) >= 11 is 0. The molecule has 2 amide bonds. The first-order valence-corrected chi connectivity index (χ1v) is 11.1. The average molecular weight is 482 g/mol. The van der Waals surface area contributed by atoms with Crippen molar-refractivity contribution in [3.8, 4) is 11.5 Å². The number of carbonyl (C=O) groups excluding carboxylic acids is 4. The van der Waals surface area contributed by atoms with Crippen LogP contribution in [0.5, 0.6) is 11.5 Å². The number of ether oxygens (including phenoxy) is 4. The van der Waals surface area contributed by atoms with Crippen molar-refractivity contribution in [2.45, 2.75) is 37.6 Å². The van der Waals surface area contributed by atoms with E-state index in [9.17, 15) is 19.2 Å². The number of benzene rings is 2. The molecule has 10 nitrogen and oxygen atoms in total. The summed E-state index contributed by atoms with van der Waals surface area (Å²) < 4.78 is 21.0. The van der Waals surface area contributed by atoms with Crippen LogP contribution in [-0.4, -0.2) is 62.1 Å². The van der Waals surface area contributed by atoms with Crippen LogP contribution < -0.4 is 14.8 Å². The van der Waals surface area contributed by atoms with Crippen LogP contribution in [0.3, 0.4) is 0 Å². The van der Waals surface area contributed by atoms with Gasteiger partial charge in [0.05, 0.1) is 21.3 Å². The maximum absolute atomic E-state index is 13.3. The first kappa shape index (κ1) is 24.1. The molecule has 2 aliphatic rings. The van der Waals surface area contributed by atoms with Crippen LogP contribution in [0.2, 0.25) is 0 Å². The molecule has 2 heterocycles. The van der Waals surface area contributed by atoms with Crippen molar-refractivity contribution in [2.75, 3.05) is 21.3 Å². The zero-order valence-electron chi connectivity index (χ0n) is 19.6. The molecule has 10 heteroatoms. The van der Waals surface area contributed by atoms with Crippen LogP contribution in [0.25, 0.3) is 0 Å². The largest absolute Gasteiger partial charge is 0.493 e. The molecule has 1 N–H and O–H groups in total. The summed E-state index contributed by atoms with van der Waals surface area (Å²) in [5.41, 5.74) is 1.38. The Balaban J connectivity index is 1.60. The van der Waals surface area contributed by atoms with Gasteiger partial charge in [-0.05, 0) is 24.1 Å². The molecule has 35 heavy (non-hydrogen) atoms. The van der Waals surface area contributed by atoms with E-state index in [4.69, 9.17) is 18.9 Å². The van der Waals surface area contributed by atoms with Gasteiger partial charge in [-0.15, -0.1) is 0 Å². The number of rotatable bonds is 8. The predicted octanol–water partition coefficient (Wildman–Crippen LogP) is 1.76. The number of nitrogens with one attached hydrogen (secondary N) is 1. The summed E-state index contributed by atoms with van der Waals surface area (Å²) in [5, 5.41) is 2.72. The summed E-state index contributed by atoms with van der Waals surface area (Å²) in [6.45, 7) is 0. The number of nitrogens with zero attached hydrogens (tertiary/aromatic N) is 1. The third-order valence-corrected chi connectivity index (χ3v) is 6.16. The molecule has 0 spiro atoms. The minimum atomic E-state index is -1.10. The minimum absolute atomic E-state index is 0.0936. The second-order valence-corrected chi connectivity index (χ2v) is 8.15. The van der Waals surface area contributed by atoms with E-state index < -0.39 is 36.2 Å². The smallest absolute Gasteiger partial charge is 0.344 e. The molecule has 0 aromatic heterocycles. The van der Waals surface area contributed by atoms with Crippen molar-refractivity contribution in [3.05, 3.63) is 59.2 Å². The number of hydrogen-bond donors (Lipinski definition) is 1. The Kier molecular flexibility index (Phi) is 6.90. The maximum atomic E-state index is 13.3. The van der Waals surface area contributed by atoms with Crippen LogP contribution in [0.4, 0.5) is 0 Å². The van der Waals surface area contributed by atoms with Crippen LogP contribution >= 0.6 is 0 Å². The normalized spacial score (nSPS) is 19.6. The van der Waals surface area contributed by atoms with Gasteiger partial charge in [0.15, 0.2) is 11.5 Å². The van der Waals surface area contributed by atoms with E-state index in [0.717, 1.165) is 5.56 Å². The van der Waals surface area contributed by atoms with Crippen molar-refractivity contribution < 1.29 is 38.1 Å². The molecule has 2 aliphatic heterocycles. The molecule has 1 saturated heterocycles. The van der Waals surface area contributed by atoms with Gasteiger partial charge in [0, 0.05) is 18.4 Å². The lowest BCUT2D eigenvalue weighted by Crippen LogP contribution is -2.52. The highest BCUT2D eigenvalue weighted by atomic mass is 16.6. The van der Waals surface area contributed by atoms with E-state index in [1.54, 1.807) is 12.1 Å². The molecule has 0 radical (unpaired) electrons. The second kappa shape index (κ2) is 10.0. The fraction of sp³-hybridized carbons (Fsp3) is 0.360. The van der Waals surface area contributed by atoms with Crippen molar-refractivity contribution in [1.82, 2.24) is 10.2 Å². The third kappa shape index (κ3) is 4.51. The number of carbonyl (C=O) groups is 4. The SMILES string of the molecule is COC(=O)[C@@H](Cc1ccccc1)NC(=O)[C@@H]1CCC(=O)N1C1OC(=O)c2c1ccc(OC)c2OC. The van der Waals surface area contributed by atoms with E-state index in [-0.39, 0.29) is 36.5 Å². The number of amides is 2. The lowest BCUT2D eigenvalue weighted by atomic mass is 10.0. The molecule has 0 bridgehead atoms. The summed E-state index contributed by atoms with van der Waals surface area (Å²) in [6.07, 6.45) is -0.580. The Bertz CT molecular complexity index is 1150. The van der Waals surface area contributed by atoms with Crippen molar-refractivity contribution >= 4 is 23.8 Å². The number of cyclic esters (lactones) is 1. The molecular weight excluding hydrogens is 456 g/mol. The summed E-state index contributed by atoms with van der Waals surface area (Å²) in [4.78, 5) is 52.5. The summed E-state index contributed by atoms with van der Waals surface area (Å²) in [5.74, 6) is -1.63. The van der Waals surface area contributed by atoms with Gasteiger partial charge < -0.3 is 24.3 Å². The molecular formula is C25H26N2O8. The Hall–Kier alpha value is -4.08. The Morgan fingerprint density at radius 2 is 1.83 bits per heavy atom. The van der Waals surface area contributed by atoms with Gasteiger partial charge in [-0.2, -0.15) is 0 Å².